The third-order valence-corrected chi connectivity index (χ3v) is 4.39. The summed E-state index contributed by atoms with van der Waals surface area (Å²) in [7, 11) is 0. The summed E-state index contributed by atoms with van der Waals surface area (Å²) in [6, 6.07) is 0. The molecular formula is C11H25AsO. The molecule has 0 saturated heterocycles. The van der Waals surface area contributed by atoms with E-state index in [0.29, 0.717) is 0 Å². The Labute approximate surface area is 90.7 Å². The topological polar surface area (TPSA) is 9.23 Å². The quantitative estimate of drug-likeness (QED) is 0.424. The molecule has 0 aliphatic carbocycles. The molecule has 0 aromatic heterocycles. The van der Waals surface area contributed by atoms with Gasteiger partial charge in [-0.25, -0.2) is 0 Å². The molecule has 2 heteroatoms. The van der Waals surface area contributed by atoms with Crippen molar-refractivity contribution in [3.63, 3.8) is 0 Å². The normalized spacial score (nSPS) is 11.5. The minimum absolute atomic E-state index is 0.0229. The van der Waals surface area contributed by atoms with Crippen molar-refractivity contribution in [2.45, 2.75) is 64.0 Å². The Morgan fingerprint density at radius 1 is 0.846 bits per heavy atom. The first-order valence-electron chi connectivity index (χ1n) is 5.76. The van der Waals surface area contributed by atoms with E-state index in [1.165, 1.54) is 50.2 Å². The van der Waals surface area contributed by atoms with Gasteiger partial charge in [-0.1, -0.05) is 0 Å². The van der Waals surface area contributed by atoms with Crippen molar-refractivity contribution in [3.05, 3.63) is 0 Å². The summed E-state index contributed by atoms with van der Waals surface area (Å²) in [5, 5.41) is 1.34. The zero-order valence-corrected chi connectivity index (χ0v) is 11.4. The SMILES string of the molecule is CCCCCCCCO[AsH]CCC. The molecule has 0 spiro atoms. The van der Waals surface area contributed by atoms with Crippen molar-refractivity contribution >= 4 is 16.1 Å². The fourth-order valence-electron chi connectivity index (χ4n) is 1.20. The van der Waals surface area contributed by atoms with Gasteiger partial charge < -0.3 is 0 Å². The summed E-state index contributed by atoms with van der Waals surface area (Å²) >= 11 is -0.0229. The predicted molar refractivity (Wildman–Crippen MR) is 61.6 cm³/mol. The first kappa shape index (κ1) is 13.5. The van der Waals surface area contributed by atoms with Gasteiger partial charge >= 0.3 is 90.4 Å². The third kappa shape index (κ3) is 12.5. The van der Waals surface area contributed by atoms with Crippen LogP contribution in [-0.2, 0) is 3.73 Å². The molecule has 1 atom stereocenters. The monoisotopic (exact) mass is 248 g/mol. The maximum atomic E-state index is 5.61. The summed E-state index contributed by atoms with van der Waals surface area (Å²) in [5.74, 6) is 0. The van der Waals surface area contributed by atoms with E-state index in [9.17, 15) is 0 Å². The Balaban J connectivity index is 2.76. The van der Waals surface area contributed by atoms with Crippen molar-refractivity contribution in [3.8, 4) is 0 Å². The maximum absolute atomic E-state index is 5.61. The fraction of sp³-hybridized carbons (Fsp3) is 1.00. The minimum atomic E-state index is -0.0229. The number of rotatable bonds is 10. The molecule has 0 saturated carbocycles. The Morgan fingerprint density at radius 3 is 2.23 bits per heavy atom. The van der Waals surface area contributed by atoms with Gasteiger partial charge in [-0.3, -0.25) is 0 Å². The van der Waals surface area contributed by atoms with Crippen LogP contribution in [0.4, 0.5) is 0 Å². The van der Waals surface area contributed by atoms with Crippen LogP contribution in [0.2, 0.25) is 5.21 Å². The second-order valence-electron chi connectivity index (χ2n) is 3.51. The average molecular weight is 248 g/mol. The zero-order valence-electron chi connectivity index (χ0n) is 9.27. The summed E-state index contributed by atoms with van der Waals surface area (Å²) in [6.45, 7) is 5.53. The molecule has 13 heavy (non-hydrogen) atoms. The summed E-state index contributed by atoms with van der Waals surface area (Å²) in [4.78, 5) is 0. The average Bonchev–Trinajstić information content (AvgIpc) is 2.16. The van der Waals surface area contributed by atoms with Gasteiger partial charge in [0, 0.05) is 0 Å². The predicted octanol–water partition coefficient (Wildman–Crippen LogP) is 3.54. The second kappa shape index (κ2) is 12.5. The molecule has 1 unspecified atom stereocenters. The Kier molecular flexibility index (Phi) is 13.0. The standard InChI is InChI=1S/C11H25AsO/c1-3-5-6-7-8-9-11-13-12-10-4-2/h12H,3-11H2,1-2H3. The van der Waals surface area contributed by atoms with Crippen LogP contribution in [0.3, 0.4) is 0 Å². The van der Waals surface area contributed by atoms with Crippen LogP contribution < -0.4 is 0 Å². The summed E-state index contributed by atoms with van der Waals surface area (Å²) in [6.07, 6.45) is 9.54. The molecule has 0 aromatic carbocycles. The number of unbranched alkanes of at least 4 members (excludes halogenated alkanes) is 5. The van der Waals surface area contributed by atoms with Gasteiger partial charge in [0.25, 0.3) is 0 Å². The van der Waals surface area contributed by atoms with Crippen molar-refractivity contribution in [2.24, 2.45) is 0 Å². The zero-order chi connectivity index (χ0) is 9.78. The molecular weight excluding hydrogens is 223 g/mol. The van der Waals surface area contributed by atoms with Gasteiger partial charge in [0.15, 0.2) is 0 Å². The molecule has 1 nitrogen and oxygen atoms in total. The van der Waals surface area contributed by atoms with Crippen molar-refractivity contribution in [1.82, 2.24) is 0 Å². The molecule has 0 bridgehead atoms. The van der Waals surface area contributed by atoms with Crippen molar-refractivity contribution in [1.29, 1.82) is 0 Å². The Bertz CT molecular complexity index is 76.2. The van der Waals surface area contributed by atoms with Crippen LogP contribution in [0, 0.1) is 0 Å². The first-order valence-corrected chi connectivity index (χ1v) is 8.10. The van der Waals surface area contributed by atoms with E-state index >= 15 is 0 Å². The van der Waals surface area contributed by atoms with Crippen LogP contribution in [0.15, 0.2) is 0 Å². The van der Waals surface area contributed by atoms with Crippen LogP contribution in [0.5, 0.6) is 0 Å². The fourth-order valence-corrected chi connectivity index (χ4v) is 2.54. The molecule has 0 aliphatic rings. The Morgan fingerprint density at radius 2 is 1.54 bits per heavy atom. The van der Waals surface area contributed by atoms with Crippen LogP contribution >= 0.6 is 0 Å². The van der Waals surface area contributed by atoms with E-state index in [4.69, 9.17) is 3.73 Å². The molecule has 80 valence electrons. The number of hydrogen-bond acceptors (Lipinski definition) is 1. The number of hydrogen-bond donors (Lipinski definition) is 0. The van der Waals surface area contributed by atoms with Crippen LogP contribution in [-0.4, -0.2) is 22.7 Å². The molecule has 0 rings (SSSR count). The van der Waals surface area contributed by atoms with Crippen LogP contribution in [0.1, 0.15) is 58.8 Å². The first-order chi connectivity index (χ1) is 6.41. The van der Waals surface area contributed by atoms with E-state index < -0.39 is 0 Å². The Hall–Kier alpha value is 0.518. The molecule has 0 aromatic rings. The molecule has 0 fully saturated rings. The van der Waals surface area contributed by atoms with Gasteiger partial charge in [0.1, 0.15) is 0 Å². The summed E-state index contributed by atoms with van der Waals surface area (Å²) in [5.41, 5.74) is 0. The van der Waals surface area contributed by atoms with Gasteiger partial charge in [0.05, 0.1) is 0 Å². The van der Waals surface area contributed by atoms with E-state index in [-0.39, 0.29) is 16.1 Å². The second-order valence-corrected chi connectivity index (χ2v) is 5.77. The molecule has 0 N–H and O–H groups in total. The van der Waals surface area contributed by atoms with Gasteiger partial charge in [-0.15, -0.1) is 0 Å². The third-order valence-electron chi connectivity index (χ3n) is 2.05. The van der Waals surface area contributed by atoms with Crippen molar-refractivity contribution in [2.75, 3.05) is 6.61 Å². The molecule has 0 heterocycles. The van der Waals surface area contributed by atoms with Gasteiger partial charge in [-0.2, -0.15) is 0 Å². The van der Waals surface area contributed by atoms with Gasteiger partial charge in [-0.05, 0) is 0 Å². The van der Waals surface area contributed by atoms with E-state index in [2.05, 4.69) is 13.8 Å². The molecule has 0 aliphatic heterocycles. The van der Waals surface area contributed by atoms with Gasteiger partial charge in [0.2, 0.25) is 0 Å². The van der Waals surface area contributed by atoms with Crippen LogP contribution in [0.25, 0.3) is 0 Å². The van der Waals surface area contributed by atoms with Crippen molar-refractivity contribution < 1.29 is 3.73 Å². The molecule has 0 radical (unpaired) electrons. The van der Waals surface area contributed by atoms with E-state index in [1.54, 1.807) is 0 Å². The molecule has 0 amide bonds. The van der Waals surface area contributed by atoms with E-state index in [0.717, 1.165) is 6.61 Å². The van der Waals surface area contributed by atoms with E-state index in [1.807, 2.05) is 0 Å². The summed E-state index contributed by atoms with van der Waals surface area (Å²) < 4.78 is 5.61.